The number of hydrogen-bond acceptors (Lipinski definition) is 6. The molecule has 0 saturated carbocycles. The molecule has 29 heavy (non-hydrogen) atoms. The topological polar surface area (TPSA) is 59.1 Å². The average Bonchev–Trinajstić information content (AvgIpc) is 3.11. The Morgan fingerprint density at radius 2 is 1.86 bits per heavy atom. The van der Waals surface area contributed by atoms with Gasteiger partial charge in [0.15, 0.2) is 0 Å². The second-order valence-corrected chi connectivity index (χ2v) is 9.33. The van der Waals surface area contributed by atoms with Crippen molar-refractivity contribution in [2.45, 2.75) is 46.1 Å². The van der Waals surface area contributed by atoms with Crippen LogP contribution in [0.3, 0.4) is 0 Å². The van der Waals surface area contributed by atoms with Gasteiger partial charge in [-0.25, -0.2) is 9.59 Å². The van der Waals surface area contributed by atoms with Gasteiger partial charge in [0.25, 0.3) is 0 Å². The molecule has 2 aromatic rings. The van der Waals surface area contributed by atoms with E-state index in [2.05, 4.69) is 17.9 Å². The zero-order valence-electron chi connectivity index (χ0n) is 17.7. The first-order valence-electron chi connectivity index (χ1n) is 10.2. The van der Waals surface area contributed by atoms with Crippen molar-refractivity contribution in [2.75, 3.05) is 37.7 Å². The molecule has 1 saturated heterocycles. The van der Waals surface area contributed by atoms with Crippen LogP contribution in [0.4, 0.5) is 10.5 Å². The highest BCUT2D eigenvalue weighted by Gasteiger charge is 2.27. The zero-order valence-corrected chi connectivity index (χ0v) is 18.5. The minimum Gasteiger partial charge on any atom is -0.462 e. The summed E-state index contributed by atoms with van der Waals surface area (Å²) in [4.78, 5) is 29.3. The third-order valence-electron chi connectivity index (χ3n) is 4.74. The van der Waals surface area contributed by atoms with Gasteiger partial charge in [0.05, 0.1) is 6.61 Å². The predicted molar refractivity (Wildman–Crippen MR) is 117 cm³/mol. The number of unbranched alkanes of at least 4 members (excludes halogenated alkanes) is 1. The zero-order chi connectivity index (χ0) is 21.0. The fourth-order valence-electron chi connectivity index (χ4n) is 3.26. The van der Waals surface area contributed by atoms with Gasteiger partial charge in [-0.2, -0.15) is 0 Å². The fourth-order valence-corrected chi connectivity index (χ4v) is 4.23. The van der Waals surface area contributed by atoms with Gasteiger partial charge in [0, 0.05) is 42.0 Å². The van der Waals surface area contributed by atoms with E-state index < -0.39 is 5.60 Å². The summed E-state index contributed by atoms with van der Waals surface area (Å²) in [6.07, 6.45) is 1.62. The van der Waals surface area contributed by atoms with E-state index in [4.69, 9.17) is 9.47 Å². The molecule has 1 aromatic carbocycles. The van der Waals surface area contributed by atoms with E-state index in [9.17, 15) is 9.59 Å². The number of benzene rings is 1. The number of piperazine rings is 1. The number of hydrogen-bond donors (Lipinski definition) is 0. The lowest BCUT2D eigenvalue weighted by Crippen LogP contribution is -2.50. The number of rotatable bonds is 5. The summed E-state index contributed by atoms with van der Waals surface area (Å²) in [6, 6.07) is 8.05. The molecule has 2 heterocycles. The number of thiophene rings is 1. The maximum Gasteiger partial charge on any atom is 0.410 e. The number of carbonyl (C=O) groups is 2. The van der Waals surface area contributed by atoms with Crippen LogP contribution in [-0.4, -0.2) is 55.3 Å². The van der Waals surface area contributed by atoms with Crippen LogP contribution < -0.4 is 4.90 Å². The first-order chi connectivity index (χ1) is 13.8. The lowest BCUT2D eigenvalue weighted by molar-refractivity contribution is 0.0240. The van der Waals surface area contributed by atoms with Crippen LogP contribution in [0.5, 0.6) is 0 Å². The van der Waals surface area contributed by atoms with Crippen molar-refractivity contribution in [3.05, 3.63) is 29.1 Å². The van der Waals surface area contributed by atoms with E-state index >= 15 is 0 Å². The minimum atomic E-state index is -0.487. The summed E-state index contributed by atoms with van der Waals surface area (Å²) in [7, 11) is 0. The van der Waals surface area contributed by atoms with Crippen LogP contribution in [0.15, 0.2) is 24.3 Å². The molecule has 1 fully saturated rings. The molecular formula is C22H30N2O4S. The number of esters is 1. The van der Waals surface area contributed by atoms with Crippen molar-refractivity contribution in [1.29, 1.82) is 0 Å². The van der Waals surface area contributed by atoms with Gasteiger partial charge in [0.1, 0.15) is 10.5 Å². The number of anilines is 1. The van der Waals surface area contributed by atoms with Crippen LogP contribution in [-0.2, 0) is 9.47 Å². The number of fused-ring (bicyclic) bond motifs is 1. The van der Waals surface area contributed by atoms with Crippen LogP contribution in [0.25, 0.3) is 10.1 Å². The normalized spacial score (nSPS) is 14.9. The third-order valence-corrected chi connectivity index (χ3v) is 5.82. The predicted octanol–water partition coefficient (Wildman–Crippen LogP) is 4.92. The highest BCUT2D eigenvalue weighted by atomic mass is 32.1. The minimum absolute atomic E-state index is 0.250. The van der Waals surface area contributed by atoms with Crippen LogP contribution >= 0.6 is 11.3 Å². The molecule has 0 bridgehead atoms. The van der Waals surface area contributed by atoms with Gasteiger partial charge in [-0.05, 0) is 45.4 Å². The van der Waals surface area contributed by atoms with Gasteiger partial charge in [-0.15, -0.1) is 11.3 Å². The summed E-state index contributed by atoms with van der Waals surface area (Å²) >= 11 is 1.47. The van der Waals surface area contributed by atoms with Gasteiger partial charge < -0.3 is 19.3 Å². The van der Waals surface area contributed by atoms with E-state index in [1.165, 1.54) is 11.3 Å². The smallest absolute Gasteiger partial charge is 0.410 e. The van der Waals surface area contributed by atoms with E-state index in [0.717, 1.165) is 41.7 Å². The van der Waals surface area contributed by atoms with Gasteiger partial charge in [-0.1, -0.05) is 19.4 Å². The molecule has 1 amide bonds. The van der Waals surface area contributed by atoms with Crippen molar-refractivity contribution in [1.82, 2.24) is 4.90 Å². The molecule has 6 nitrogen and oxygen atoms in total. The number of amides is 1. The first-order valence-corrected chi connectivity index (χ1v) is 11.0. The molecule has 0 radical (unpaired) electrons. The molecule has 0 N–H and O–H groups in total. The van der Waals surface area contributed by atoms with Crippen molar-refractivity contribution in [2.24, 2.45) is 0 Å². The van der Waals surface area contributed by atoms with E-state index in [0.29, 0.717) is 24.6 Å². The summed E-state index contributed by atoms with van der Waals surface area (Å²) in [5.74, 6) is -0.250. The van der Waals surface area contributed by atoms with Crippen LogP contribution in [0.1, 0.15) is 50.2 Å². The first kappa shape index (κ1) is 21.4. The quantitative estimate of drug-likeness (QED) is 0.510. The monoisotopic (exact) mass is 418 g/mol. The molecule has 0 spiro atoms. The maximum absolute atomic E-state index is 12.3. The Labute approximate surface area is 176 Å². The summed E-state index contributed by atoms with van der Waals surface area (Å²) in [6.45, 7) is 10.8. The molecule has 1 aliphatic rings. The average molecular weight is 419 g/mol. The number of nitrogens with zero attached hydrogens (tertiary/aromatic N) is 2. The summed E-state index contributed by atoms with van der Waals surface area (Å²) in [5, 5.41) is 1.06. The van der Waals surface area contributed by atoms with Crippen molar-refractivity contribution >= 4 is 39.2 Å². The Kier molecular flexibility index (Phi) is 6.67. The van der Waals surface area contributed by atoms with Crippen LogP contribution in [0, 0.1) is 0 Å². The number of ether oxygens (including phenoxy) is 2. The second-order valence-electron chi connectivity index (χ2n) is 8.24. The Balaban J connectivity index is 1.69. The standard InChI is InChI=1S/C22H30N2O4S/c1-5-6-14-27-20(25)19-15-16-17(8-7-9-18(16)29-19)23-10-12-24(13-11-23)21(26)28-22(2,3)4/h7-9,15H,5-6,10-14H2,1-4H3. The lowest BCUT2D eigenvalue weighted by atomic mass is 10.1. The molecule has 0 aliphatic carbocycles. The Morgan fingerprint density at radius 1 is 1.14 bits per heavy atom. The van der Waals surface area contributed by atoms with E-state index in [1.54, 1.807) is 4.90 Å². The third kappa shape index (κ3) is 5.41. The summed E-state index contributed by atoms with van der Waals surface area (Å²) in [5.41, 5.74) is 0.605. The Bertz CT molecular complexity index is 863. The van der Waals surface area contributed by atoms with Crippen molar-refractivity contribution in [3.8, 4) is 0 Å². The molecule has 1 aromatic heterocycles. The largest absolute Gasteiger partial charge is 0.462 e. The van der Waals surface area contributed by atoms with Crippen LogP contribution in [0.2, 0.25) is 0 Å². The molecule has 0 unspecified atom stereocenters. The van der Waals surface area contributed by atoms with Gasteiger partial charge in [-0.3, -0.25) is 0 Å². The molecular weight excluding hydrogens is 388 g/mol. The molecule has 1 aliphatic heterocycles. The Morgan fingerprint density at radius 3 is 2.52 bits per heavy atom. The van der Waals surface area contributed by atoms with Gasteiger partial charge >= 0.3 is 12.1 Å². The van der Waals surface area contributed by atoms with E-state index in [1.807, 2.05) is 39.0 Å². The Hall–Kier alpha value is -2.28. The summed E-state index contributed by atoms with van der Waals surface area (Å²) < 4.78 is 11.9. The molecule has 158 valence electrons. The lowest BCUT2D eigenvalue weighted by Gasteiger charge is -2.37. The van der Waals surface area contributed by atoms with E-state index in [-0.39, 0.29) is 12.1 Å². The number of carbonyl (C=O) groups excluding carboxylic acids is 2. The molecule has 3 rings (SSSR count). The highest BCUT2D eigenvalue weighted by molar-refractivity contribution is 7.20. The highest BCUT2D eigenvalue weighted by Crippen LogP contribution is 2.34. The fraction of sp³-hybridized carbons (Fsp3) is 0.545. The maximum atomic E-state index is 12.3. The van der Waals surface area contributed by atoms with Crippen molar-refractivity contribution in [3.63, 3.8) is 0 Å². The van der Waals surface area contributed by atoms with Crippen molar-refractivity contribution < 1.29 is 19.1 Å². The van der Waals surface area contributed by atoms with Gasteiger partial charge in [0.2, 0.25) is 0 Å². The SMILES string of the molecule is CCCCOC(=O)c1cc2c(N3CCN(C(=O)OC(C)(C)C)CC3)cccc2s1. The molecule has 7 heteroatoms. The molecule has 0 atom stereocenters. The second kappa shape index (κ2) is 9.03.